The predicted molar refractivity (Wildman–Crippen MR) is 91.1 cm³/mol. The Labute approximate surface area is 149 Å². The normalized spacial score (nSPS) is 34.8. The van der Waals surface area contributed by atoms with E-state index in [2.05, 4.69) is 0 Å². The third kappa shape index (κ3) is 3.72. The molecule has 0 aromatic carbocycles. The molecule has 4 fully saturated rings. The third-order valence-corrected chi connectivity index (χ3v) is 6.72. The van der Waals surface area contributed by atoms with Crippen molar-refractivity contribution in [3.8, 4) is 0 Å². The Hall–Kier alpha value is -0.690. The summed E-state index contributed by atoms with van der Waals surface area (Å²) in [7, 11) is 0. The highest BCUT2D eigenvalue weighted by atomic mass is 16.5. The van der Waals surface area contributed by atoms with Gasteiger partial charge < -0.3 is 24.2 Å². The summed E-state index contributed by atoms with van der Waals surface area (Å²) in [4.78, 5) is 14.6. The highest BCUT2D eigenvalue weighted by molar-refractivity contribution is 5.78. The van der Waals surface area contributed by atoms with Gasteiger partial charge in [-0.05, 0) is 38.0 Å². The maximum Gasteiger partial charge on any atom is 0.225 e. The largest absolute Gasteiger partial charge is 0.389 e. The van der Waals surface area contributed by atoms with E-state index in [4.69, 9.17) is 14.2 Å². The molecule has 3 aliphatic heterocycles. The molecule has 25 heavy (non-hydrogen) atoms. The molecule has 1 amide bonds. The number of fused-ring (bicyclic) bond motifs is 1. The van der Waals surface area contributed by atoms with Crippen LogP contribution in [0.2, 0.25) is 0 Å². The first-order chi connectivity index (χ1) is 12.1. The van der Waals surface area contributed by atoms with Gasteiger partial charge >= 0.3 is 0 Å². The molecule has 0 radical (unpaired) electrons. The van der Waals surface area contributed by atoms with Gasteiger partial charge in [-0.15, -0.1) is 0 Å². The van der Waals surface area contributed by atoms with E-state index in [0.717, 1.165) is 58.5 Å². The van der Waals surface area contributed by atoms with Crippen LogP contribution < -0.4 is 0 Å². The van der Waals surface area contributed by atoms with Gasteiger partial charge in [0.2, 0.25) is 5.91 Å². The second kappa shape index (κ2) is 7.14. The Morgan fingerprint density at radius 2 is 2.04 bits per heavy atom. The number of aliphatic hydroxyl groups is 1. The van der Waals surface area contributed by atoms with Crippen molar-refractivity contribution in [3.05, 3.63) is 0 Å². The van der Waals surface area contributed by atoms with Gasteiger partial charge in [-0.3, -0.25) is 4.79 Å². The third-order valence-electron chi connectivity index (χ3n) is 6.72. The lowest BCUT2D eigenvalue weighted by atomic mass is 9.77. The first kappa shape index (κ1) is 17.7. The number of rotatable bonds is 6. The van der Waals surface area contributed by atoms with E-state index in [0.29, 0.717) is 38.2 Å². The van der Waals surface area contributed by atoms with Gasteiger partial charge in [0.1, 0.15) is 0 Å². The Balaban J connectivity index is 1.29. The standard InChI is InChI=1S/C19H31NO5/c21-17(8-19(22)4-1-5-19)20-9-16-11-25-14-18(16,12-20)13-24-10-15-2-6-23-7-3-15/h15-16,22H,1-14H2/t16-,18-/m1/s1. The molecule has 0 bridgehead atoms. The number of hydrogen-bond donors (Lipinski definition) is 1. The van der Waals surface area contributed by atoms with Crippen LogP contribution in [-0.2, 0) is 19.0 Å². The second-order valence-corrected chi connectivity index (χ2v) is 8.67. The molecule has 0 unspecified atom stereocenters. The van der Waals surface area contributed by atoms with Crippen molar-refractivity contribution >= 4 is 5.91 Å². The number of nitrogens with zero attached hydrogens (tertiary/aromatic N) is 1. The van der Waals surface area contributed by atoms with Crippen LogP contribution in [0.5, 0.6) is 0 Å². The summed E-state index contributed by atoms with van der Waals surface area (Å²) >= 11 is 0. The SMILES string of the molecule is O=C(CC1(O)CCC1)N1C[C@@H]2COC[C@]2(COCC2CCOCC2)C1. The Morgan fingerprint density at radius 1 is 1.24 bits per heavy atom. The monoisotopic (exact) mass is 353 g/mol. The first-order valence-electron chi connectivity index (χ1n) is 9.82. The maximum atomic E-state index is 12.6. The molecule has 3 saturated heterocycles. The van der Waals surface area contributed by atoms with Crippen LogP contribution >= 0.6 is 0 Å². The Morgan fingerprint density at radius 3 is 2.76 bits per heavy atom. The minimum atomic E-state index is -0.738. The molecule has 4 rings (SSSR count). The van der Waals surface area contributed by atoms with Crippen molar-refractivity contribution in [2.45, 2.75) is 44.1 Å². The first-order valence-corrected chi connectivity index (χ1v) is 9.82. The van der Waals surface area contributed by atoms with Crippen molar-refractivity contribution in [2.24, 2.45) is 17.3 Å². The van der Waals surface area contributed by atoms with Gasteiger partial charge in [-0.2, -0.15) is 0 Å². The van der Waals surface area contributed by atoms with E-state index in [1.807, 2.05) is 4.90 Å². The average molecular weight is 353 g/mol. The molecule has 2 atom stereocenters. The van der Waals surface area contributed by atoms with Gasteiger partial charge in [0.25, 0.3) is 0 Å². The highest BCUT2D eigenvalue weighted by Crippen LogP contribution is 2.43. The molecule has 1 N–H and O–H groups in total. The summed E-state index contributed by atoms with van der Waals surface area (Å²) < 4.78 is 17.2. The summed E-state index contributed by atoms with van der Waals surface area (Å²) in [5.41, 5.74) is -0.791. The van der Waals surface area contributed by atoms with Crippen molar-refractivity contribution in [1.82, 2.24) is 4.90 Å². The minimum Gasteiger partial charge on any atom is -0.389 e. The number of carbonyl (C=O) groups is 1. The fraction of sp³-hybridized carbons (Fsp3) is 0.947. The van der Waals surface area contributed by atoms with Gasteiger partial charge in [-0.1, -0.05) is 0 Å². The Bertz CT molecular complexity index is 488. The summed E-state index contributed by atoms with van der Waals surface area (Å²) in [6.07, 6.45) is 4.99. The molecular weight excluding hydrogens is 322 g/mol. The van der Waals surface area contributed by atoms with E-state index in [9.17, 15) is 9.90 Å². The average Bonchev–Trinajstić information content (AvgIpc) is 3.11. The van der Waals surface area contributed by atoms with E-state index in [-0.39, 0.29) is 17.7 Å². The molecule has 0 aromatic heterocycles. The lowest BCUT2D eigenvalue weighted by Crippen LogP contribution is -2.44. The molecule has 1 saturated carbocycles. The van der Waals surface area contributed by atoms with Crippen LogP contribution in [-0.4, -0.2) is 74.2 Å². The number of likely N-dealkylation sites (tertiary alicyclic amines) is 1. The summed E-state index contributed by atoms with van der Waals surface area (Å²) in [5, 5.41) is 10.3. The van der Waals surface area contributed by atoms with Crippen LogP contribution in [0.3, 0.4) is 0 Å². The topological polar surface area (TPSA) is 68.2 Å². The van der Waals surface area contributed by atoms with Gasteiger partial charge in [0.05, 0.1) is 31.8 Å². The fourth-order valence-electron chi connectivity index (χ4n) is 4.72. The van der Waals surface area contributed by atoms with Crippen molar-refractivity contribution in [2.75, 3.05) is 52.7 Å². The van der Waals surface area contributed by atoms with Crippen LogP contribution in [0.25, 0.3) is 0 Å². The molecule has 6 nitrogen and oxygen atoms in total. The molecule has 3 heterocycles. The van der Waals surface area contributed by atoms with Crippen LogP contribution in [0, 0.1) is 17.3 Å². The maximum absolute atomic E-state index is 12.6. The minimum absolute atomic E-state index is 0.0525. The summed E-state index contributed by atoms with van der Waals surface area (Å²) in [6.45, 7) is 5.99. The lowest BCUT2D eigenvalue weighted by Gasteiger charge is -2.37. The van der Waals surface area contributed by atoms with Crippen molar-refractivity contribution < 1.29 is 24.1 Å². The van der Waals surface area contributed by atoms with E-state index >= 15 is 0 Å². The predicted octanol–water partition coefficient (Wildman–Crippen LogP) is 1.21. The second-order valence-electron chi connectivity index (χ2n) is 8.67. The van der Waals surface area contributed by atoms with Gasteiger partial charge in [-0.25, -0.2) is 0 Å². The van der Waals surface area contributed by atoms with Crippen molar-refractivity contribution in [1.29, 1.82) is 0 Å². The molecule has 6 heteroatoms. The van der Waals surface area contributed by atoms with Crippen LogP contribution in [0.1, 0.15) is 38.5 Å². The van der Waals surface area contributed by atoms with E-state index < -0.39 is 5.60 Å². The molecule has 4 aliphatic rings. The summed E-state index contributed by atoms with van der Waals surface area (Å²) in [5.74, 6) is 1.06. The Kier molecular flexibility index (Phi) is 5.06. The lowest BCUT2D eigenvalue weighted by molar-refractivity contribution is -0.140. The zero-order valence-electron chi connectivity index (χ0n) is 15.1. The molecule has 142 valence electrons. The molecule has 1 aliphatic carbocycles. The molecular formula is C19H31NO5. The van der Waals surface area contributed by atoms with Crippen LogP contribution in [0.4, 0.5) is 0 Å². The van der Waals surface area contributed by atoms with Crippen molar-refractivity contribution in [3.63, 3.8) is 0 Å². The number of hydrogen-bond acceptors (Lipinski definition) is 5. The zero-order valence-corrected chi connectivity index (χ0v) is 15.1. The zero-order chi connectivity index (χ0) is 17.3. The van der Waals surface area contributed by atoms with E-state index in [1.165, 1.54) is 0 Å². The number of ether oxygens (including phenoxy) is 3. The highest BCUT2D eigenvalue weighted by Gasteiger charge is 2.52. The fourth-order valence-corrected chi connectivity index (χ4v) is 4.72. The smallest absolute Gasteiger partial charge is 0.225 e. The number of carbonyl (C=O) groups excluding carboxylic acids is 1. The summed E-state index contributed by atoms with van der Waals surface area (Å²) in [6, 6.07) is 0. The quantitative estimate of drug-likeness (QED) is 0.777. The van der Waals surface area contributed by atoms with E-state index in [1.54, 1.807) is 0 Å². The van der Waals surface area contributed by atoms with Gasteiger partial charge in [0, 0.05) is 44.2 Å². The number of amides is 1. The van der Waals surface area contributed by atoms with Crippen LogP contribution in [0.15, 0.2) is 0 Å². The molecule has 0 aromatic rings. The molecule has 0 spiro atoms. The van der Waals surface area contributed by atoms with Gasteiger partial charge in [0.15, 0.2) is 0 Å².